The van der Waals surface area contributed by atoms with Crippen LogP contribution in [-0.4, -0.2) is 28.4 Å². The summed E-state index contributed by atoms with van der Waals surface area (Å²) in [6.45, 7) is 8.64. The molecule has 0 amide bonds. The van der Waals surface area contributed by atoms with Crippen molar-refractivity contribution in [3.8, 4) is 23.0 Å². The van der Waals surface area contributed by atoms with Crippen LogP contribution in [0.25, 0.3) is 0 Å². The molecule has 0 saturated carbocycles. The molecule has 0 spiro atoms. The van der Waals surface area contributed by atoms with Crippen LogP contribution in [0, 0.1) is 6.92 Å². The first-order chi connectivity index (χ1) is 12.9. The largest absolute Gasteiger partial charge is 0.492 e. The lowest BCUT2D eigenvalue weighted by atomic mass is 9.99. The van der Waals surface area contributed by atoms with Crippen molar-refractivity contribution in [1.29, 1.82) is 0 Å². The summed E-state index contributed by atoms with van der Waals surface area (Å²) in [5.41, 5.74) is 4.91. The zero-order chi connectivity index (χ0) is 20.4. The van der Waals surface area contributed by atoms with Gasteiger partial charge < -0.3 is 18.9 Å². The Bertz CT molecular complexity index is 672. The average Bonchev–Trinajstić information content (AvgIpc) is 2.65. The Labute approximate surface area is 165 Å². The Hall–Kier alpha value is -2.10. The van der Waals surface area contributed by atoms with E-state index in [1.807, 2.05) is 6.92 Å². The molecule has 0 aliphatic rings. The molecule has 0 radical (unpaired) electrons. The molecule has 4 nitrogen and oxygen atoms in total. The van der Waals surface area contributed by atoms with Crippen LogP contribution in [-0.2, 0) is 6.42 Å². The maximum atomic E-state index is 5.66. The predicted molar refractivity (Wildman–Crippen MR) is 113 cm³/mol. The van der Waals surface area contributed by atoms with Gasteiger partial charge in [0.25, 0.3) is 0 Å². The molecule has 27 heavy (non-hydrogen) atoms. The molecule has 1 aromatic rings. The van der Waals surface area contributed by atoms with Gasteiger partial charge in [0.1, 0.15) is 0 Å². The van der Waals surface area contributed by atoms with Crippen molar-refractivity contribution in [3.63, 3.8) is 0 Å². The second-order valence-electron chi connectivity index (χ2n) is 6.83. The summed E-state index contributed by atoms with van der Waals surface area (Å²) in [6, 6.07) is 0. The lowest BCUT2D eigenvalue weighted by Gasteiger charge is -2.21. The van der Waals surface area contributed by atoms with Crippen molar-refractivity contribution in [2.75, 3.05) is 28.4 Å². The summed E-state index contributed by atoms with van der Waals surface area (Å²) in [5.74, 6) is 2.53. The molecule has 4 heteroatoms. The summed E-state index contributed by atoms with van der Waals surface area (Å²) in [6.07, 6.45) is 9.91. The first-order valence-electron chi connectivity index (χ1n) is 9.61. The molecule has 0 aromatic heterocycles. The zero-order valence-electron chi connectivity index (χ0n) is 18.3. The third kappa shape index (κ3) is 5.95. The Morgan fingerprint density at radius 1 is 0.741 bits per heavy atom. The van der Waals surface area contributed by atoms with E-state index in [0.717, 1.165) is 30.4 Å². The second-order valence-corrected chi connectivity index (χ2v) is 6.83. The van der Waals surface area contributed by atoms with Gasteiger partial charge in [-0.2, -0.15) is 0 Å². The number of hydrogen-bond acceptors (Lipinski definition) is 4. The standard InChI is InChI=1S/C23H36O4/c1-9-11-16(2)12-10-13-17(3)14-15-19-18(4)20(24-5)22(26-7)23(27-8)21(19)25-6/h12,14H,9-11,13,15H2,1-8H3/b16-12+,17-14+. The molecular formula is C23H36O4. The Morgan fingerprint density at radius 2 is 1.26 bits per heavy atom. The fourth-order valence-electron chi connectivity index (χ4n) is 3.32. The smallest absolute Gasteiger partial charge is 0.207 e. The third-order valence-corrected chi connectivity index (χ3v) is 4.83. The van der Waals surface area contributed by atoms with Crippen molar-refractivity contribution in [1.82, 2.24) is 0 Å². The highest BCUT2D eigenvalue weighted by Crippen LogP contribution is 2.49. The summed E-state index contributed by atoms with van der Waals surface area (Å²) < 4.78 is 22.3. The van der Waals surface area contributed by atoms with E-state index in [4.69, 9.17) is 18.9 Å². The molecule has 152 valence electrons. The van der Waals surface area contributed by atoms with Gasteiger partial charge in [-0.1, -0.05) is 36.6 Å². The molecule has 0 bridgehead atoms. The van der Waals surface area contributed by atoms with Crippen LogP contribution in [0.3, 0.4) is 0 Å². The van der Waals surface area contributed by atoms with Crippen LogP contribution in [0.5, 0.6) is 23.0 Å². The van der Waals surface area contributed by atoms with Crippen molar-refractivity contribution in [3.05, 3.63) is 34.4 Å². The van der Waals surface area contributed by atoms with Gasteiger partial charge in [-0.25, -0.2) is 0 Å². The summed E-state index contributed by atoms with van der Waals surface area (Å²) in [4.78, 5) is 0. The lowest BCUT2D eigenvalue weighted by molar-refractivity contribution is 0.302. The molecular weight excluding hydrogens is 340 g/mol. The highest BCUT2D eigenvalue weighted by Gasteiger charge is 2.24. The number of benzene rings is 1. The minimum absolute atomic E-state index is 0.565. The molecule has 0 fully saturated rings. The molecule has 0 N–H and O–H groups in total. The predicted octanol–water partition coefficient (Wildman–Crippen LogP) is 6.04. The highest BCUT2D eigenvalue weighted by molar-refractivity contribution is 5.67. The summed E-state index contributed by atoms with van der Waals surface area (Å²) in [7, 11) is 6.53. The number of hydrogen-bond donors (Lipinski definition) is 0. The first-order valence-corrected chi connectivity index (χ1v) is 9.61. The van der Waals surface area contributed by atoms with Crippen molar-refractivity contribution >= 4 is 0 Å². The maximum absolute atomic E-state index is 5.66. The van der Waals surface area contributed by atoms with Gasteiger partial charge in [-0.15, -0.1) is 0 Å². The van der Waals surface area contributed by atoms with E-state index in [2.05, 4.69) is 32.9 Å². The third-order valence-electron chi connectivity index (χ3n) is 4.83. The summed E-state index contributed by atoms with van der Waals surface area (Å²) in [5, 5.41) is 0. The Kier molecular flexibility index (Phi) is 9.84. The monoisotopic (exact) mass is 376 g/mol. The lowest BCUT2D eigenvalue weighted by Crippen LogP contribution is -2.04. The van der Waals surface area contributed by atoms with Crippen LogP contribution < -0.4 is 18.9 Å². The molecule has 0 aliphatic heterocycles. The molecule has 0 aliphatic carbocycles. The van der Waals surface area contributed by atoms with Gasteiger partial charge in [-0.05, 0) is 46.5 Å². The number of methoxy groups -OCH3 is 4. The zero-order valence-corrected chi connectivity index (χ0v) is 18.3. The SMILES string of the molecule is CCC/C(C)=C/CC/C(C)=C/Cc1c(C)c(OC)c(OC)c(OC)c1OC. The van der Waals surface area contributed by atoms with Crippen LogP contribution in [0.2, 0.25) is 0 Å². The Morgan fingerprint density at radius 3 is 1.78 bits per heavy atom. The molecule has 0 heterocycles. The van der Waals surface area contributed by atoms with E-state index in [1.165, 1.54) is 24.0 Å². The van der Waals surface area contributed by atoms with Crippen molar-refractivity contribution in [2.45, 2.75) is 59.8 Å². The normalized spacial score (nSPS) is 12.1. The first kappa shape index (κ1) is 22.9. The minimum atomic E-state index is 0.565. The van der Waals surface area contributed by atoms with Crippen LogP contribution in [0.4, 0.5) is 0 Å². The van der Waals surface area contributed by atoms with E-state index < -0.39 is 0 Å². The van der Waals surface area contributed by atoms with Gasteiger partial charge in [0.15, 0.2) is 11.5 Å². The van der Waals surface area contributed by atoms with Crippen LogP contribution >= 0.6 is 0 Å². The summed E-state index contributed by atoms with van der Waals surface area (Å²) >= 11 is 0. The molecule has 1 aromatic carbocycles. The quantitative estimate of drug-likeness (QED) is 0.441. The topological polar surface area (TPSA) is 36.9 Å². The van der Waals surface area contributed by atoms with Gasteiger partial charge >= 0.3 is 0 Å². The number of ether oxygens (including phenoxy) is 4. The van der Waals surface area contributed by atoms with E-state index in [-0.39, 0.29) is 0 Å². The van der Waals surface area contributed by atoms with Crippen LogP contribution in [0.15, 0.2) is 23.3 Å². The number of rotatable bonds is 11. The molecule has 0 atom stereocenters. The van der Waals surface area contributed by atoms with Gasteiger partial charge in [0.05, 0.1) is 28.4 Å². The minimum Gasteiger partial charge on any atom is -0.492 e. The van der Waals surface area contributed by atoms with Crippen molar-refractivity contribution < 1.29 is 18.9 Å². The fraction of sp³-hybridized carbons (Fsp3) is 0.565. The van der Waals surface area contributed by atoms with E-state index in [0.29, 0.717) is 23.0 Å². The average molecular weight is 377 g/mol. The van der Waals surface area contributed by atoms with Crippen molar-refractivity contribution in [2.24, 2.45) is 0 Å². The highest BCUT2D eigenvalue weighted by atomic mass is 16.5. The van der Waals surface area contributed by atoms with E-state index >= 15 is 0 Å². The fourth-order valence-corrected chi connectivity index (χ4v) is 3.32. The van der Waals surface area contributed by atoms with Gasteiger partial charge in [0.2, 0.25) is 11.5 Å². The van der Waals surface area contributed by atoms with Crippen LogP contribution in [0.1, 0.15) is 57.6 Å². The van der Waals surface area contributed by atoms with Gasteiger partial charge in [0, 0.05) is 11.1 Å². The Balaban J connectivity index is 3.10. The van der Waals surface area contributed by atoms with E-state index in [9.17, 15) is 0 Å². The number of allylic oxidation sites excluding steroid dienone is 4. The van der Waals surface area contributed by atoms with Gasteiger partial charge in [-0.3, -0.25) is 0 Å². The molecule has 0 saturated heterocycles. The maximum Gasteiger partial charge on any atom is 0.207 e. The molecule has 1 rings (SSSR count). The van der Waals surface area contributed by atoms with E-state index in [1.54, 1.807) is 28.4 Å². The molecule has 0 unspecified atom stereocenters. The second kappa shape index (κ2) is 11.6.